The number of benzene rings is 2. The quantitative estimate of drug-likeness (QED) is 0.527. The molecule has 0 amide bonds. The molecule has 0 aliphatic rings. The summed E-state index contributed by atoms with van der Waals surface area (Å²) in [6.45, 7) is 1.42. The molecule has 0 aliphatic heterocycles. The first-order valence-corrected chi connectivity index (χ1v) is 9.13. The third-order valence-corrected chi connectivity index (χ3v) is 4.69. The molecule has 0 radical (unpaired) electrons. The molecule has 2 aromatic carbocycles. The molecule has 2 aromatic heterocycles. The van der Waals surface area contributed by atoms with Crippen LogP contribution < -0.4 is 11.5 Å². The molecule has 4 aromatic rings. The Morgan fingerprint density at radius 1 is 1.00 bits per heavy atom. The van der Waals surface area contributed by atoms with Crippen molar-refractivity contribution in [1.82, 2.24) is 15.1 Å². The van der Waals surface area contributed by atoms with Crippen LogP contribution in [0.1, 0.15) is 17.2 Å². The summed E-state index contributed by atoms with van der Waals surface area (Å²) in [6.07, 6.45) is 1.63. The van der Waals surface area contributed by atoms with Crippen molar-refractivity contribution >= 4 is 5.82 Å². The van der Waals surface area contributed by atoms with Crippen LogP contribution in [0.15, 0.2) is 65.3 Å². The molecule has 0 aliphatic carbocycles. The predicted octanol–water partition coefficient (Wildman–Crippen LogP) is 4.33. The molecule has 1 unspecified atom stereocenters. The third kappa shape index (κ3) is 3.86. The molecule has 0 spiro atoms. The summed E-state index contributed by atoms with van der Waals surface area (Å²) in [4.78, 5) is 8.87. The maximum atomic E-state index is 12.7. The van der Waals surface area contributed by atoms with Gasteiger partial charge in [-0.15, -0.1) is 0 Å². The van der Waals surface area contributed by atoms with Crippen molar-refractivity contribution in [2.24, 2.45) is 5.73 Å². The number of nitrogen functional groups attached to an aromatic ring is 1. The van der Waals surface area contributed by atoms with Crippen molar-refractivity contribution in [2.45, 2.75) is 13.0 Å². The number of hydrogen-bond acceptors (Lipinski definition) is 6. The van der Waals surface area contributed by atoms with Gasteiger partial charge in [-0.3, -0.25) is 0 Å². The monoisotopic (exact) mass is 389 g/mol. The molecule has 0 fully saturated rings. The molecule has 146 valence electrons. The van der Waals surface area contributed by atoms with Gasteiger partial charge in [0, 0.05) is 17.2 Å². The first-order chi connectivity index (χ1) is 14.0. The summed E-state index contributed by atoms with van der Waals surface area (Å²) in [6, 6.07) is 16.3. The number of aryl methyl sites for hydroxylation is 1. The van der Waals surface area contributed by atoms with Crippen molar-refractivity contribution < 1.29 is 8.91 Å². The second-order valence-electron chi connectivity index (χ2n) is 6.81. The molecule has 0 bridgehead atoms. The number of nitrogens with two attached hydrogens (primary N) is 2. The average Bonchev–Trinajstić information content (AvgIpc) is 3.24. The molecule has 4 rings (SSSR count). The number of halogens is 1. The summed E-state index contributed by atoms with van der Waals surface area (Å²) in [5, 5.41) is 4.11. The Labute approximate surface area is 167 Å². The van der Waals surface area contributed by atoms with Crippen LogP contribution in [0.2, 0.25) is 0 Å². The van der Waals surface area contributed by atoms with Crippen LogP contribution >= 0.6 is 0 Å². The Kier molecular flexibility index (Phi) is 5.05. The first kappa shape index (κ1) is 18.8. The Morgan fingerprint density at radius 3 is 2.34 bits per heavy atom. The lowest BCUT2D eigenvalue weighted by molar-refractivity contribution is 0.433. The summed E-state index contributed by atoms with van der Waals surface area (Å²) >= 11 is 0. The van der Waals surface area contributed by atoms with Gasteiger partial charge in [-0.05, 0) is 12.5 Å². The molecular weight excluding hydrogens is 369 g/mol. The Hall–Kier alpha value is -3.58. The molecule has 1 atom stereocenters. The lowest BCUT2D eigenvalue weighted by atomic mass is 10.0. The van der Waals surface area contributed by atoms with Crippen LogP contribution in [0, 0.1) is 6.92 Å². The van der Waals surface area contributed by atoms with Gasteiger partial charge in [0.05, 0.1) is 17.9 Å². The lowest BCUT2D eigenvalue weighted by Gasteiger charge is -2.07. The van der Waals surface area contributed by atoms with Gasteiger partial charge in [0.15, 0.2) is 17.3 Å². The maximum absolute atomic E-state index is 12.7. The summed E-state index contributed by atoms with van der Waals surface area (Å²) in [5.74, 6) is 0.677. The SMILES string of the molecule is Cc1ccc(-c2cnc(N)c(-c3cc(-c4ccc(C(N)CF)cc4)no3)n2)cc1. The van der Waals surface area contributed by atoms with Gasteiger partial charge < -0.3 is 16.0 Å². The van der Waals surface area contributed by atoms with Gasteiger partial charge >= 0.3 is 0 Å². The van der Waals surface area contributed by atoms with Crippen molar-refractivity contribution in [3.63, 3.8) is 0 Å². The molecule has 2 heterocycles. The fraction of sp³-hybridized carbons (Fsp3) is 0.136. The van der Waals surface area contributed by atoms with E-state index >= 15 is 0 Å². The standard InChI is InChI=1S/C22H20FN5O/c1-13-2-4-16(5-3-13)19-12-26-22(25)21(27-19)20-10-18(28-29-20)15-8-6-14(7-9-15)17(24)11-23/h2-10,12,17H,11,24H2,1H3,(H2,25,26). The van der Waals surface area contributed by atoms with Gasteiger partial charge in [0.1, 0.15) is 12.4 Å². The summed E-state index contributed by atoms with van der Waals surface area (Å²) in [7, 11) is 0. The molecule has 6 nitrogen and oxygen atoms in total. The van der Waals surface area contributed by atoms with Crippen LogP contribution in [0.3, 0.4) is 0 Å². The molecule has 29 heavy (non-hydrogen) atoms. The highest BCUT2D eigenvalue weighted by Gasteiger charge is 2.15. The molecule has 4 N–H and O–H groups in total. The molecule has 0 saturated carbocycles. The third-order valence-electron chi connectivity index (χ3n) is 4.69. The van der Waals surface area contributed by atoms with Gasteiger partial charge in [-0.25, -0.2) is 14.4 Å². The van der Waals surface area contributed by atoms with Crippen LogP contribution in [0.5, 0.6) is 0 Å². The van der Waals surface area contributed by atoms with Gasteiger partial charge in [-0.1, -0.05) is 59.3 Å². The fourth-order valence-electron chi connectivity index (χ4n) is 2.96. The van der Waals surface area contributed by atoms with E-state index in [0.717, 1.165) is 22.3 Å². The number of anilines is 1. The highest BCUT2D eigenvalue weighted by atomic mass is 19.1. The Balaban J connectivity index is 1.65. The Morgan fingerprint density at radius 2 is 1.66 bits per heavy atom. The first-order valence-electron chi connectivity index (χ1n) is 9.13. The minimum Gasteiger partial charge on any atom is -0.382 e. The van der Waals surface area contributed by atoms with E-state index in [4.69, 9.17) is 16.0 Å². The minimum absolute atomic E-state index is 0.257. The van der Waals surface area contributed by atoms with Crippen LogP contribution in [-0.4, -0.2) is 21.8 Å². The van der Waals surface area contributed by atoms with Crippen LogP contribution in [-0.2, 0) is 0 Å². The van der Waals surface area contributed by atoms with Crippen molar-refractivity contribution in [3.05, 3.63) is 71.9 Å². The number of rotatable bonds is 5. The zero-order valence-electron chi connectivity index (χ0n) is 15.8. The van der Waals surface area contributed by atoms with E-state index in [1.165, 1.54) is 0 Å². The second-order valence-corrected chi connectivity index (χ2v) is 6.81. The van der Waals surface area contributed by atoms with E-state index in [9.17, 15) is 4.39 Å². The maximum Gasteiger partial charge on any atom is 0.189 e. The average molecular weight is 389 g/mol. The number of nitrogens with zero attached hydrogens (tertiary/aromatic N) is 3. The van der Waals surface area contributed by atoms with Crippen LogP contribution in [0.4, 0.5) is 10.2 Å². The summed E-state index contributed by atoms with van der Waals surface area (Å²) in [5.41, 5.74) is 17.1. The number of aromatic nitrogens is 3. The van der Waals surface area contributed by atoms with Crippen LogP contribution in [0.25, 0.3) is 34.0 Å². The lowest BCUT2D eigenvalue weighted by Crippen LogP contribution is -2.11. The van der Waals surface area contributed by atoms with E-state index in [2.05, 4.69) is 15.1 Å². The van der Waals surface area contributed by atoms with E-state index in [1.54, 1.807) is 24.4 Å². The Bertz CT molecular complexity index is 1120. The van der Waals surface area contributed by atoms with Gasteiger partial charge in [0.25, 0.3) is 0 Å². The van der Waals surface area contributed by atoms with Gasteiger partial charge in [0.2, 0.25) is 0 Å². The second kappa shape index (κ2) is 7.81. The zero-order valence-corrected chi connectivity index (χ0v) is 15.8. The largest absolute Gasteiger partial charge is 0.382 e. The zero-order chi connectivity index (χ0) is 20.4. The highest BCUT2D eigenvalue weighted by molar-refractivity contribution is 5.73. The van der Waals surface area contributed by atoms with Gasteiger partial charge in [-0.2, -0.15) is 0 Å². The van der Waals surface area contributed by atoms with E-state index in [1.807, 2.05) is 43.3 Å². The van der Waals surface area contributed by atoms with E-state index in [-0.39, 0.29) is 5.82 Å². The van der Waals surface area contributed by atoms with Crippen molar-refractivity contribution in [2.75, 3.05) is 12.4 Å². The smallest absolute Gasteiger partial charge is 0.189 e. The van der Waals surface area contributed by atoms with Crippen molar-refractivity contribution in [3.8, 4) is 34.0 Å². The molecule has 7 heteroatoms. The molecular formula is C22H20FN5O. The number of alkyl halides is 1. The van der Waals surface area contributed by atoms with E-state index < -0.39 is 12.7 Å². The minimum atomic E-state index is -0.628. The topological polar surface area (TPSA) is 104 Å². The highest BCUT2D eigenvalue weighted by Crippen LogP contribution is 2.30. The van der Waals surface area contributed by atoms with E-state index in [0.29, 0.717) is 22.8 Å². The fourth-order valence-corrected chi connectivity index (χ4v) is 2.96. The number of hydrogen-bond donors (Lipinski definition) is 2. The molecule has 0 saturated heterocycles. The summed E-state index contributed by atoms with van der Waals surface area (Å²) < 4.78 is 18.2. The normalized spacial score (nSPS) is 12.1. The predicted molar refractivity (Wildman–Crippen MR) is 110 cm³/mol. The van der Waals surface area contributed by atoms with Crippen molar-refractivity contribution in [1.29, 1.82) is 0 Å².